The summed E-state index contributed by atoms with van der Waals surface area (Å²) in [5.41, 5.74) is 0. The Morgan fingerprint density at radius 2 is 1.67 bits per heavy atom. The van der Waals surface area contributed by atoms with Gasteiger partial charge in [-0.15, -0.1) is 0 Å². The van der Waals surface area contributed by atoms with Gasteiger partial charge < -0.3 is 4.74 Å². The predicted octanol–water partition coefficient (Wildman–Crippen LogP) is 2.22. The van der Waals surface area contributed by atoms with Crippen LogP contribution >= 0.6 is 0 Å². The van der Waals surface area contributed by atoms with Crippen molar-refractivity contribution in [1.82, 2.24) is 9.80 Å². The fourth-order valence-corrected chi connectivity index (χ4v) is 3.49. The molecule has 0 N–H and O–H groups in total. The van der Waals surface area contributed by atoms with Gasteiger partial charge in [0.1, 0.15) is 0 Å². The predicted molar refractivity (Wildman–Crippen MR) is 75.9 cm³/mol. The SMILES string of the molecule is CCC1CCC(N2CCN(CCOC)CC2)CC1. The molecule has 3 nitrogen and oxygen atoms in total. The average Bonchev–Trinajstić information content (AvgIpc) is 2.46. The molecule has 1 aliphatic heterocycles. The summed E-state index contributed by atoms with van der Waals surface area (Å²) in [7, 11) is 1.79. The van der Waals surface area contributed by atoms with Gasteiger partial charge in [0.2, 0.25) is 0 Å². The minimum Gasteiger partial charge on any atom is -0.383 e. The summed E-state index contributed by atoms with van der Waals surface area (Å²) in [5, 5.41) is 0. The zero-order valence-corrected chi connectivity index (χ0v) is 12.2. The van der Waals surface area contributed by atoms with Gasteiger partial charge in [0.25, 0.3) is 0 Å². The van der Waals surface area contributed by atoms with Gasteiger partial charge in [0.05, 0.1) is 6.61 Å². The number of ether oxygens (including phenoxy) is 1. The van der Waals surface area contributed by atoms with E-state index < -0.39 is 0 Å². The molecule has 2 aliphatic rings. The topological polar surface area (TPSA) is 15.7 Å². The van der Waals surface area contributed by atoms with Crippen molar-refractivity contribution in [2.75, 3.05) is 46.4 Å². The summed E-state index contributed by atoms with van der Waals surface area (Å²) >= 11 is 0. The van der Waals surface area contributed by atoms with Crippen LogP contribution < -0.4 is 0 Å². The molecule has 0 radical (unpaired) electrons. The lowest BCUT2D eigenvalue weighted by Crippen LogP contribution is -2.51. The lowest BCUT2D eigenvalue weighted by Gasteiger charge is -2.42. The van der Waals surface area contributed by atoms with Gasteiger partial charge in [0, 0.05) is 45.9 Å². The Bertz CT molecular complexity index is 219. The van der Waals surface area contributed by atoms with Gasteiger partial charge in [-0.25, -0.2) is 0 Å². The molecular weight excluding hydrogens is 224 g/mol. The molecular formula is C15H30N2O. The molecule has 2 rings (SSSR count). The van der Waals surface area contributed by atoms with E-state index in [4.69, 9.17) is 4.74 Å². The first-order valence-electron chi connectivity index (χ1n) is 7.78. The van der Waals surface area contributed by atoms with Gasteiger partial charge >= 0.3 is 0 Å². The molecule has 1 saturated carbocycles. The summed E-state index contributed by atoms with van der Waals surface area (Å²) in [6.45, 7) is 9.33. The summed E-state index contributed by atoms with van der Waals surface area (Å²) < 4.78 is 5.16. The number of hydrogen-bond acceptors (Lipinski definition) is 3. The van der Waals surface area contributed by atoms with Gasteiger partial charge in [-0.1, -0.05) is 13.3 Å². The third kappa shape index (κ3) is 3.94. The van der Waals surface area contributed by atoms with Crippen molar-refractivity contribution in [3.63, 3.8) is 0 Å². The minimum atomic E-state index is 0.877. The lowest BCUT2D eigenvalue weighted by atomic mass is 9.84. The number of hydrogen-bond donors (Lipinski definition) is 0. The quantitative estimate of drug-likeness (QED) is 0.748. The van der Waals surface area contributed by atoms with Crippen LogP contribution in [0.25, 0.3) is 0 Å². The van der Waals surface area contributed by atoms with Crippen LogP contribution in [0.3, 0.4) is 0 Å². The molecule has 1 heterocycles. The maximum atomic E-state index is 5.16. The van der Waals surface area contributed by atoms with Gasteiger partial charge in [-0.3, -0.25) is 9.80 Å². The molecule has 18 heavy (non-hydrogen) atoms. The fraction of sp³-hybridized carbons (Fsp3) is 1.00. The summed E-state index contributed by atoms with van der Waals surface area (Å²) in [6, 6.07) is 0.886. The van der Waals surface area contributed by atoms with E-state index in [9.17, 15) is 0 Å². The van der Waals surface area contributed by atoms with Gasteiger partial charge in [-0.2, -0.15) is 0 Å². The van der Waals surface area contributed by atoms with E-state index in [-0.39, 0.29) is 0 Å². The number of piperazine rings is 1. The summed E-state index contributed by atoms with van der Waals surface area (Å²) in [5.74, 6) is 1.02. The van der Waals surface area contributed by atoms with Crippen LogP contribution in [0.2, 0.25) is 0 Å². The molecule has 1 saturated heterocycles. The van der Waals surface area contributed by atoms with Crippen LogP contribution in [-0.4, -0.2) is 62.3 Å². The molecule has 106 valence electrons. The second kappa shape index (κ2) is 7.46. The lowest BCUT2D eigenvalue weighted by molar-refractivity contribution is 0.0567. The molecule has 0 aromatic rings. The normalized spacial score (nSPS) is 31.7. The van der Waals surface area contributed by atoms with Crippen molar-refractivity contribution in [3.8, 4) is 0 Å². The number of rotatable bonds is 5. The van der Waals surface area contributed by atoms with Crippen LogP contribution in [0.5, 0.6) is 0 Å². The van der Waals surface area contributed by atoms with E-state index in [0.29, 0.717) is 0 Å². The van der Waals surface area contributed by atoms with E-state index in [1.807, 2.05) is 0 Å². The zero-order chi connectivity index (χ0) is 12.8. The smallest absolute Gasteiger partial charge is 0.0589 e. The highest BCUT2D eigenvalue weighted by Gasteiger charge is 2.27. The van der Waals surface area contributed by atoms with Crippen molar-refractivity contribution in [2.24, 2.45) is 5.92 Å². The van der Waals surface area contributed by atoms with E-state index in [1.54, 1.807) is 7.11 Å². The Labute approximate surface area is 112 Å². The van der Waals surface area contributed by atoms with Crippen molar-refractivity contribution >= 4 is 0 Å². The molecule has 3 heteroatoms. The Kier molecular flexibility index (Phi) is 5.93. The maximum absolute atomic E-state index is 5.16. The van der Waals surface area contributed by atoms with Crippen LogP contribution in [-0.2, 0) is 4.74 Å². The van der Waals surface area contributed by atoms with Crippen LogP contribution in [0, 0.1) is 5.92 Å². The summed E-state index contributed by atoms with van der Waals surface area (Å²) in [4.78, 5) is 5.28. The highest BCUT2D eigenvalue weighted by molar-refractivity contribution is 4.82. The fourth-order valence-electron chi connectivity index (χ4n) is 3.49. The van der Waals surface area contributed by atoms with Crippen LogP contribution in [0.15, 0.2) is 0 Å². The largest absolute Gasteiger partial charge is 0.383 e. The van der Waals surface area contributed by atoms with Crippen molar-refractivity contribution in [3.05, 3.63) is 0 Å². The average molecular weight is 254 g/mol. The van der Waals surface area contributed by atoms with Crippen molar-refractivity contribution in [1.29, 1.82) is 0 Å². The first-order chi connectivity index (χ1) is 8.83. The second-order valence-corrected chi connectivity index (χ2v) is 5.95. The molecule has 1 aliphatic carbocycles. The minimum absolute atomic E-state index is 0.877. The monoisotopic (exact) mass is 254 g/mol. The van der Waals surface area contributed by atoms with E-state index in [2.05, 4.69) is 16.7 Å². The first kappa shape index (κ1) is 14.3. The Morgan fingerprint density at radius 1 is 1.00 bits per heavy atom. The Balaban J connectivity index is 1.67. The van der Waals surface area contributed by atoms with Crippen LogP contribution in [0.4, 0.5) is 0 Å². The Morgan fingerprint density at radius 3 is 2.22 bits per heavy atom. The Hall–Kier alpha value is -0.120. The molecule has 0 amide bonds. The molecule has 0 spiro atoms. The maximum Gasteiger partial charge on any atom is 0.0589 e. The van der Waals surface area contributed by atoms with E-state index in [0.717, 1.165) is 25.1 Å². The van der Waals surface area contributed by atoms with Crippen LogP contribution in [0.1, 0.15) is 39.0 Å². The standard InChI is InChI=1S/C15H30N2O/c1-3-14-4-6-15(7-5-14)17-10-8-16(9-11-17)12-13-18-2/h14-15H,3-13H2,1-2H3. The number of methoxy groups -OCH3 is 1. The third-order valence-electron chi connectivity index (χ3n) is 4.93. The first-order valence-corrected chi connectivity index (χ1v) is 7.78. The summed E-state index contributed by atoms with van der Waals surface area (Å²) in [6.07, 6.45) is 7.20. The van der Waals surface area contributed by atoms with Crippen molar-refractivity contribution in [2.45, 2.75) is 45.1 Å². The molecule has 0 aromatic heterocycles. The molecule has 0 atom stereocenters. The molecule has 0 unspecified atom stereocenters. The molecule has 0 bridgehead atoms. The van der Waals surface area contributed by atoms with Crippen molar-refractivity contribution < 1.29 is 4.74 Å². The van der Waals surface area contributed by atoms with Gasteiger partial charge in [-0.05, 0) is 31.6 Å². The van der Waals surface area contributed by atoms with Gasteiger partial charge in [0.15, 0.2) is 0 Å². The zero-order valence-electron chi connectivity index (χ0n) is 12.2. The van der Waals surface area contributed by atoms with E-state index >= 15 is 0 Å². The molecule has 0 aromatic carbocycles. The van der Waals surface area contributed by atoms with E-state index in [1.165, 1.54) is 58.3 Å². The highest BCUT2D eigenvalue weighted by Crippen LogP contribution is 2.29. The second-order valence-electron chi connectivity index (χ2n) is 5.95. The number of nitrogens with zero attached hydrogens (tertiary/aromatic N) is 2. The highest BCUT2D eigenvalue weighted by atomic mass is 16.5. The third-order valence-corrected chi connectivity index (χ3v) is 4.93. The molecule has 2 fully saturated rings.